The monoisotopic (exact) mass is 430 g/mol. The Hall–Kier alpha value is -3.07. The number of benzene rings is 1. The molecule has 0 aliphatic carbocycles. The number of rotatable bonds is 5. The number of nitrogens with zero attached hydrogens (tertiary/aromatic N) is 2. The molecule has 9 heteroatoms. The molecule has 1 saturated heterocycles. The molecule has 1 aromatic rings. The minimum Gasteiger partial charge on any atom is -0.444 e. The Morgan fingerprint density at radius 2 is 1.94 bits per heavy atom. The van der Waals surface area contributed by atoms with Crippen LogP contribution in [0.2, 0.25) is 0 Å². The van der Waals surface area contributed by atoms with E-state index in [-0.39, 0.29) is 24.6 Å². The van der Waals surface area contributed by atoms with Gasteiger partial charge in [-0.05, 0) is 44.0 Å². The maximum Gasteiger partial charge on any atom is 0.414 e. The van der Waals surface area contributed by atoms with Crippen LogP contribution < -0.4 is 16.0 Å². The molecule has 3 amide bonds. The lowest BCUT2D eigenvalue weighted by Crippen LogP contribution is -2.43. The topological polar surface area (TPSA) is 114 Å². The molecule has 1 aromatic carbocycles. The van der Waals surface area contributed by atoms with Gasteiger partial charge in [0, 0.05) is 19.2 Å². The van der Waals surface area contributed by atoms with E-state index in [0.29, 0.717) is 25.3 Å². The van der Waals surface area contributed by atoms with Crippen LogP contribution in [-0.2, 0) is 14.3 Å². The van der Waals surface area contributed by atoms with Crippen molar-refractivity contribution in [1.82, 2.24) is 10.2 Å². The molecule has 0 saturated carbocycles. The zero-order valence-corrected chi connectivity index (χ0v) is 18.4. The van der Waals surface area contributed by atoms with Crippen molar-refractivity contribution in [2.24, 2.45) is 5.73 Å². The van der Waals surface area contributed by atoms with Gasteiger partial charge in [-0.1, -0.05) is 18.2 Å². The first-order chi connectivity index (χ1) is 14.6. The average Bonchev–Trinajstić information content (AvgIpc) is 3.29. The summed E-state index contributed by atoms with van der Waals surface area (Å²) < 4.78 is 10.8. The van der Waals surface area contributed by atoms with Gasteiger partial charge in [-0.25, -0.2) is 9.59 Å². The van der Waals surface area contributed by atoms with Crippen molar-refractivity contribution >= 4 is 29.4 Å². The lowest BCUT2D eigenvalue weighted by atomic mass is 10.1. The zero-order valence-electron chi connectivity index (χ0n) is 18.4. The Bertz CT molecular complexity index is 875. The predicted molar refractivity (Wildman–Crippen MR) is 117 cm³/mol. The lowest BCUT2D eigenvalue weighted by Gasteiger charge is -2.28. The van der Waals surface area contributed by atoms with Crippen LogP contribution in [-0.4, -0.2) is 66.9 Å². The van der Waals surface area contributed by atoms with Gasteiger partial charge < -0.3 is 20.5 Å². The summed E-state index contributed by atoms with van der Waals surface area (Å²) in [6, 6.07) is 7.26. The molecule has 9 nitrogen and oxygen atoms in total. The van der Waals surface area contributed by atoms with Gasteiger partial charge in [0.05, 0.1) is 25.7 Å². The molecule has 0 unspecified atom stereocenters. The summed E-state index contributed by atoms with van der Waals surface area (Å²) in [6.07, 6.45) is 0.756. The molecular weight excluding hydrogens is 400 g/mol. The Morgan fingerprint density at radius 3 is 2.52 bits per heavy atom. The highest BCUT2D eigenvalue weighted by Crippen LogP contribution is 2.29. The van der Waals surface area contributed by atoms with E-state index in [1.54, 1.807) is 4.90 Å². The molecule has 2 aliphatic rings. The second-order valence-electron chi connectivity index (χ2n) is 8.70. The number of anilines is 1. The van der Waals surface area contributed by atoms with Crippen molar-refractivity contribution in [3.8, 4) is 0 Å². The molecule has 0 spiro atoms. The summed E-state index contributed by atoms with van der Waals surface area (Å²) in [5, 5.41) is 2.66. The predicted octanol–water partition coefficient (Wildman–Crippen LogP) is 2.11. The summed E-state index contributed by atoms with van der Waals surface area (Å²) in [7, 11) is 0. The third-order valence-corrected chi connectivity index (χ3v) is 5.01. The molecular formula is C22H30N4O5. The van der Waals surface area contributed by atoms with Crippen LogP contribution in [0.15, 0.2) is 30.3 Å². The second kappa shape index (κ2) is 8.97. The van der Waals surface area contributed by atoms with Crippen molar-refractivity contribution in [3.05, 3.63) is 35.9 Å². The van der Waals surface area contributed by atoms with Gasteiger partial charge in [0.1, 0.15) is 11.7 Å². The van der Waals surface area contributed by atoms with E-state index in [1.165, 1.54) is 11.8 Å². The van der Waals surface area contributed by atoms with Crippen molar-refractivity contribution in [3.63, 3.8) is 0 Å². The minimum atomic E-state index is -0.581. The van der Waals surface area contributed by atoms with Gasteiger partial charge in [0.15, 0.2) is 0 Å². The quantitative estimate of drug-likeness (QED) is 0.740. The zero-order chi connectivity index (χ0) is 22.8. The average molecular weight is 431 g/mol. The Balaban J connectivity index is 1.67. The second-order valence-corrected chi connectivity index (χ2v) is 8.70. The molecule has 31 heavy (non-hydrogen) atoms. The van der Waals surface area contributed by atoms with E-state index in [0.717, 1.165) is 11.1 Å². The van der Waals surface area contributed by atoms with Crippen molar-refractivity contribution < 1.29 is 23.9 Å². The Kier molecular flexibility index (Phi) is 6.54. The van der Waals surface area contributed by atoms with E-state index < -0.39 is 17.8 Å². The van der Waals surface area contributed by atoms with Gasteiger partial charge in [-0.2, -0.15) is 0 Å². The van der Waals surface area contributed by atoms with E-state index in [1.807, 2.05) is 51.1 Å². The van der Waals surface area contributed by atoms with Gasteiger partial charge in [0.2, 0.25) is 5.91 Å². The van der Waals surface area contributed by atoms with Crippen LogP contribution in [0.25, 0.3) is 5.57 Å². The fraction of sp³-hybridized carbons (Fsp3) is 0.500. The Morgan fingerprint density at radius 1 is 1.26 bits per heavy atom. The number of carbonyl (C=O) groups excluding carboxylic acids is 3. The van der Waals surface area contributed by atoms with Crippen LogP contribution in [0, 0.1) is 0 Å². The SMILES string of the molecule is CC(=O)NC[C@H]1CN(c2ccc(C3=C[C@@H](CN)N(C(=O)OC(C)(C)C)C3)cc2)C(=O)O1. The third-order valence-electron chi connectivity index (χ3n) is 5.01. The number of amides is 3. The summed E-state index contributed by atoms with van der Waals surface area (Å²) >= 11 is 0. The van der Waals surface area contributed by atoms with E-state index in [2.05, 4.69) is 5.32 Å². The number of carbonyl (C=O) groups is 3. The number of nitrogens with two attached hydrogens (primary N) is 1. The first-order valence-electron chi connectivity index (χ1n) is 10.3. The Labute approximate surface area is 182 Å². The third kappa shape index (κ3) is 5.55. The first-order valence-corrected chi connectivity index (χ1v) is 10.3. The number of hydrogen-bond donors (Lipinski definition) is 2. The summed E-state index contributed by atoms with van der Waals surface area (Å²) in [5.41, 5.74) is 7.90. The van der Waals surface area contributed by atoms with Crippen LogP contribution in [0.4, 0.5) is 15.3 Å². The number of nitrogens with one attached hydrogen (secondary N) is 1. The minimum absolute atomic E-state index is 0.167. The van der Waals surface area contributed by atoms with E-state index in [4.69, 9.17) is 15.2 Å². The molecule has 0 aromatic heterocycles. The van der Waals surface area contributed by atoms with E-state index >= 15 is 0 Å². The van der Waals surface area contributed by atoms with Gasteiger partial charge in [-0.3, -0.25) is 14.6 Å². The molecule has 0 bridgehead atoms. The smallest absolute Gasteiger partial charge is 0.414 e. The number of cyclic esters (lactones) is 1. The summed E-state index contributed by atoms with van der Waals surface area (Å²) in [5.74, 6) is -0.167. The number of hydrogen-bond acceptors (Lipinski definition) is 6. The molecule has 2 heterocycles. The molecule has 2 atom stereocenters. The first kappa shape index (κ1) is 22.6. The highest BCUT2D eigenvalue weighted by molar-refractivity contribution is 5.90. The molecule has 3 rings (SSSR count). The largest absolute Gasteiger partial charge is 0.444 e. The van der Waals surface area contributed by atoms with Gasteiger partial charge in [0.25, 0.3) is 0 Å². The van der Waals surface area contributed by atoms with Crippen LogP contribution >= 0.6 is 0 Å². The standard InChI is InChI=1S/C22H30N4O5/c1-14(27)24-11-19-13-26(20(28)30-19)17-7-5-15(6-8-17)16-9-18(10-23)25(12-16)21(29)31-22(2,3)4/h5-9,18-19H,10-13,23H2,1-4H3,(H,24,27)/t18-,19-/m0/s1. The molecule has 1 fully saturated rings. The van der Waals surface area contributed by atoms with Crippen molar-refractivity contribution in [2.45, 2.75) is 45.4 Å². The lowest BCUT2D eigenvalue weighted by molar-refractivity contribution is -0.119. The summed E-state index contributed by atoms with van der Waals surface area (Å²) in [4.78, 5) is 38.9. The normalized spacial score (nSPS) is 21.1. The van der Waals surface area contributed by atoms with Crippen molar-refractivity contribution in [1.29, 1.82) is 0 Å². The summed E-state index contributed by atoms with van der Waals surface area (Å²) in [6.45, 7) is 8.26. The van der Waals surface area contributed by atoms with Crippen LogP contribution in [0.3, 0.4) is 0 Å². The maximum atomic E-state index is 12.5. The molecule has 0 radical (unpaired) electrons. The molecule has 168 valence electrons. The maximum absolute atomic E-state index is 12.5. The fourth-order valence-corrected chi connectivity index (χ4v) is 3.53. The molecule has 3 N–H and O–H groups in total. The van der Waals surface area contributed by atoms with Crippen molar-refractivity contribution in [2.75, 3.05) is 31.1 Å². The molecule has 2 aliphatic heterocycles. The fourth-order valence-electron chi connectivity index (χ4n) is 3.53. The number of ether oxygens (including phenoxy) is 2. The van der Waals surface area contributed by atoms with Crippen LogP contribution in [0.1, 0.15) is 33.3 Å². The van der Waals surface area contributed by atoms with Gasteiger partial charge in [-0.15, -0.1) is 0 Å². The highest BCUT2D eigenvalue weighted by atomic mass is 16.6. The highest BCUT2D eigenvalue weighted by Gasteiger charge is 2.34. The van der Waals surface area contributed by atoms with Gasteiger partial charge >= 0.3 is 12.2 Å². The van der Waals surface area contributed by atoms with Crippen LogP contribution in [0.5, 0.6) is 0 Å². The van der Waals surface area contributed by atoms with E-state index in [9.17, 15) is 14.4 Å².